The van der Waals surface area contributed by atoms with Gasteiger partial charge < -0.3 is 15.2 Å². The van der Waals surface area contributed by atoms with E-state index in [1.807, 2.05) is 11.4 Å². The van der Waals surface area contributed by atoms with Crippen LogP contribution in [-0.2, 0) is 16.1 Å². The summed E-state index contributed by atoms with van der Waals surface area (Å²) in [5.74, 6) is 5.94. The number of rotatable bonds is 4. The molecule has 1 aromatic heterocycles. The lowest BCUT2D eigenvalue weighted by Crippen LogP contribution is -2.35. The Hall–Kier alpha value is -1.35. The van der Waals surface area contributed by atoms with Gasteiger partial charge in [0.25, 0.3) is 0 Å². The average Bonchev–Trinajstić information content (AvgIpc) is 2.94. The Morgan fingerprint density at radius 2 is 2.50 bits per heavy atom. The van der Waals surface area contributed by atoms with Gasteiger partial charge in [0.15, 0.2) is 0 Å². The van der Waals surface area contributed by atoms with Gasteiger partial charge in [-0.15, -0.1) is 11.3 Å². The van der Waals surface area contributed by atoms with Crippen LogP contribution in [-0.4, -0.2) is 30.8 Å². The van der Waals surface area contributed by atoms with E-state index in [0.29, 0.717) is 19.6 Å². The summed E-state index contributed by atoms with van der Waals surface area (Å²) in [5.41, 5.74) is 0.939. The van der Waals surface area contributed by atoms with Gasteiger partial charge in [-0.25, -0.2) is 0 Å². The third-order valence-corrected chi connectivity index (χ3v) is 4.03. The topological polar surface area (TPSA) is 58.6 Å². The number of carbonyl (C=O) groups is 1. The van der Waals surface area contributed by atoms with Gasteiger partial charge in [-0.3, -0.25) is 4.79 Å². The van der Waals surface area contributed by atoms with Crippen molar-refractivity contribution in [2.75, 3.05) is 19.8 Å². The second kappa shape index (κ2) is 8.05. The van der Waals surface area contributed by atoms with E-state index in [0.717, 1.165) is 29.9 Å². The van der Waals surface area contributed by atoms with Crippen molar-refractivity contribution in [2.45, 2.75) is 25.8 Å². The Labute approximate surface area is 123 Å². The summed E-state index contributed by atoms with van der Waals surface area (Å²) in [5, 5.41) is 13.6. The number of hydrogen-bond acceptors (Lipinski definition) is 4. The maximum absolute atomic E-state index is 11.9. The number of aliphatic hydroxyl groups is 1. The van der Waals surface area contributed by atoms with Crippen molar-refractivity contribution in [3.05, 3.63) is 21.9 Å². The van der Waals surface area contributed by atoms with Crippen LogP contribution in [0.4, 0.5) is 0 Å². The first kappa shape index (κ1) is 15.0. The van der Waals surface area contributed by atoms with Gasteiger partial charge in [-0.05, 0) is 18.9 Å². The number of nitrogens with one attached hydrogen (secondary N) is 1. The highest BCUT2D eigenvalue weighted by Crippen LogP contribution is 2.16. The number of hydrogen-bond donors (Lipinski definition) is 2. The maximum atomic E-state index is 11.9. The third-order valence-electron chi connectivity index (χ3n) is 3.09. The van der Waals surface area contributed by atoms with E-state index in [9.17, 15) is 4.79 Å². The summed E-state index contributed by atoms with van der Waals surface area (Å²) in [6.45, 7) is 1.93. The highest BCUT2D eigenvalue weighted by atomic mass is 32.1. The normalized spacial score (nSPS) is 18.1. The molecule has 1 saturated heterocycles. The number of aliphatic hydroxyl groups excluding tert-OH is 1. The van der Waals surface area contributed by atoms with E-state index < -0.39 is 0 Å². The van der Waals surface area contributed by atoms with E-state index in [4.69, 9.17) is 9.84 Å². The molecule has 1 aromatic rings. The van der Waals surface area contributed by atoms with Crippen LogP contribution in [0.2, 0.25) is 0 Å². The summed E-state index contributed by atoms with van der Waals surface area (Å²) in [6.07, 6.45) is 2.36. The predicted octanol–water partition coefficient (Wildman–Crippen LogP) is 1.52. The maximum Gasteiger partial charge on any atom is 0.225 e. The molecule has 2 N–H and O–H groups in total. The van der Waals surface area contributed by atoms with Crippen LogP contribution < -0.4 is 5.32 Å². The molecule has 1 aliphatic heterocycles. The molecular weight excluding hydrogens is 274 g/mol. The van der Waals surface area contributed by atoms with Crippen LogP contribution in [0, 0.1) is 17.8 Å². The Morgan fingerprint density at radius 3 is 3.25 bits per heavy atom. The smallest absolute Gasteiger partial charge is 0.225 e. The van der Waals surface area contributed by atoms with Crippen LogP contribution in [0.5, 0.6) is 0 Å². The van der Waals surface area contributed by atoms with Crippen molar-refractivity contribution in [1.82, 2.24) is 5.32 Å². The van der Waals surface area contributed by atoms with Crippen LogP contribution in [0.1, 0.15) is 29.7 Å². The molecule has 20 heavy (non-hydrogen) atoms. The third kappa shape index (κ3) is 4.64. The molecule has 108 valence electrons. The Balaban J connectivity index is 1.79. The molecule has 0 bridgehead atoms. The monoisotopic (exact) mass is 293 g/mol. The van der Waals surface area contributed by atoms with E-state index in [1.54, 1.807) is 11.3 Å². The van der Waals surface area contributed by atoms with Gasteiger partial charge in [-0.2, -0.15) is 0 Å². The van der Waals surface area contributed by atoms with Crippen molar-refractivity contribution < 1.29 is 14.6 Å². The number of amides is 1. The molecule has 0 aromatic carbocycles. The minimum Gasteiger partial charge on any atom is -0.395 e. The largest absolute Gasteiger partial charge is 0.395 e. The summed E-state index contributed by atoms with van der Waals surface area (Å²) < 4.78 is 5.32. The lowest BCUT2D eigenvalue weighted by atomic mass is 10.0. The average molecular weight is 293 g/mol. The SMILES string of the molecule is O=C(NCc1cc(C#CCCO)cs1)C1CCCOC1. The fraction of sp³-hybridized carbons (Fsp3) is 0.533. The van der Waals surface area contributed by atoms with E-state index >= 15 is 0 Å². The van der Waals surface area contributed by atoms with E-state index in [2.05, 4.69) is 17.2 Å². The zero-order valence-corrected chi connectivity index (χ0v) is 12.2. The van der Waals surface area contributed by atoms with Gasteiger partial charge in [0.2, 0.25) is 5.91 Å². The second-order valence-electron chi connectivity index (χ2n) is 4.71. The second-order valence-corrected chi connectivity index (χ2v) is 5.70. The van der Waals surface area contributed by atoms with Crippen LogP contribution in [0.15, 0.2) is 11.4 Å². The molecule has 1 aliphatic rings. The lowest BCUT2D eigenvalue weighted by molar-refractivity contribution is -0.129. The summed E-state index contributed by atoms with van der Waals surface area (Å²) in [7, 11) is 0. The van der Waals surface area contributed by atoms with Crippen molar-refractivity contribution in [2.24, 2.45) is 5.92 Å². The highest BCUT2D eigenvalue weighted by molar-refractivity contribution is 7.10. The van der Waals surface area contributed by atoms with Gasteiger partial charge >= 0.3 is 0 Å². The molecule has 0 aliphatic carbocycles. The molecule has 1 fully saturated rings. The van der Waals surface area contributed by atoms with E-state index in [-0.39, 0.29) is 18.4 Å². The van der Waals surface area contributed by atoms with Crippen LogP contribution >= 0.6 is 11.3 Å². The zero-order valence-electron chi connectivity index (χ0n) is 11.4. The van der Waals surface area contributed by atoms with Crippen molar-refractivity contribution >= 4 is 17.2 Å². The van der Waals surface area contributed by atoms with Crippen molar-refractivity contribution in [1.29, 1.82) is 0 Å². The molecule has 2 heterocycles. The molecule has 2 rings (SSSR count). The molecule has 5 heteroatoms. The fourth-order valence-corrected chi connectivity index (χ4v) is 2.78. The zero-order chi connectivity index (χ0) is 14.2. The quantitative estimate of drug-likeness (QED) is 0.828. The summed E-state index contributed by atoms with van der Waals surface area (Å²) in [6, 6.07) is 1.98. The van der Waals surface area contributed by atoms with Gasteiger partial charge in [0.05, 0.1) is 25.7 Å². The highest BCUT2D eigenvalue weighted by Gasteiger charge is 2.21. The Morgan fingerprint density at radius 1 is 1.60 bits per heavy atom. The molecule has 0 spiro atoms. The first-order valence-electron chi connectivity index (χ1n) is 6.82. The lowest BCUT2D eigenvalue weighted by Gasteiger charge is -2.20. The van der Waals surface area contributed by atoms with Gasteiger partial charge in [-0.1, -0.05) is 11.8 Å². The van der Waals surface area contributed by atoms with Gasteiger partial charge in [0, 0.05) is 28.8 Å². The number of carbonyl (C=O) groups excluding carboxylic acids is 1. The fourth-order valence-electron chi connectivity index (χ4n) is 2.03. The summed E-state index contributed by atoms with van der Waals surface area (Å²) >= 11 is 1.59. The van der Waals surface area contributed by atoms with Crippen LogP contribution in [0.25, 0.3) is 0 Å². The molecule has 0 saturated carbocycles. The minimum atomic E-state index is -0.00692. The first-order chi connectivity index (χ1) is 9.79. The first-order valence-corrected chi connectivity index (χ1v) is 7.70. The molecule has 1 unspecified atom stereocenters. The molecule has 0 radical (unpaired) electrons. The molecule has 1 amide bonds. The van der Waals surface area contributed by atoms with Crippen molar-refractivity contribution in [3.63, 3.8) is 0 Å². The Bertz CT molecular complexity index is 495. The minimum absolute atomic E-state index is 0.00692. The molecule has 4 nitrogen and oxygen atoms in total. The molecular formula is C15H19NO3S. The summed E-state index contributed by atoms with van der Waals surface area (Å²) in [4.78, 5) is 13.0. The predicted molar refractivity (Wildman–Crippen MR) is 78.3 cm³/mol. The number of thiophene rings is 1. The van der Waals surface area contributed by atoms with Crippen molar-refractivity contribution in [3.8, 4) is 11.8 Å². The number of ether oxygens (including phenoxy) is 1. The molecule has 1 atom stereocenters. The Kier molecular flexibility index (Phi) is 6.06. The van der Waals surface area contributed by atoms with E-state index in [1.165, 1.54) is 0 Å². The van der Waals surface area contributed by atoms with Crippen LogP contribution in [0.3, 0.4) is 0 Å². The van der Waals surface area contributed by atoms with Gasteiger partial charge in [0.1, 0.15) is 0 Å². The standard InChI is InChI=1S/C15H19NO3S/c17-6-2-1-4-12-8-14(20-11-12)9-16-15(18)13-5-3-7-19-10-13/h8,11,13,17H,2-3,5-7,9-10H2,(H,16,18).